The van der Waals surface area contributed by atoms with E-state index in [-0.39, 0.29) is 22.8 Å². The van der Waals surface area contributed by atoms with Gasteiger partial charge in [0.05, 0.1) is 6.04 Å². The molecule has 1 aromatic rings. The van der Waals surface area contributed by atoms with E-state index < -0.39 is 22.5 Å². The first-order valence-electron chi connectivity index (χ1n) is 15.2. The molecule has 0 fully saturated rings. The van der Waals surface area contributed by atoms with Gasteiger partial charge in [0.1, 0.15) is 11.4 Å². The second kappa shape index (κ2) is 10.5. The number of likely N-dealkylation sites (N-methyl/N-ethyl adjacent to an activating group) is 1. The van der Waals surface area contributed by atoms with E-state index in [1.807, 2.05) is 45.8 Å². The molecule has 4 rings (SSSR count). The Morgan fingerprint density at radius 2 is 1.81 bits per heavy atom. The van der Waals surface area contributed by atoms with Crippen LogP contribution in [0.15, 0.2) is 59.6 Å². The molecule has 7 nitrogen and oxygen atoms in total. The summed E-state index contributed by atoms with van der Waals surface area (Å²) in [4.78, 5) is 14.9. The normalized spacial score (nSPS) is 29.0. The number of amides is 1. The number of rotatable bonds is 6. The Morgan fingerprint density at radius 1 is 1.21 bits per heavy atom. The molecule has 43 heavy (non-hydrogen) atoms. The summed E-state index contributed by atoms with van der Waals surface area (Å²) in [6.45, 7) is 27.8. The van der Waals surface area contributed by atoms with E-state index in [4.69, 9.17) is 11.5 Å². The first-order chi connectivity index (χ1) is 19.7. The summed E-state index contributed by atoms with van der Waals surface area (Å²) in [7, 11) is 3.80. The average Bonchev–Trinajstić information content (AvgIpc) is 2.85. The minimum Gasteiger partial charge on any atom is -0.510 e. The summed E-state index contributed by atoms with van der Waals surface area (Å²) in [5.74, 6) is 0.0506. The fourth-order valence-electron chi connectivity index (χ4n) is 8.67. The summed E-state index contributed by atoms with van der Waals surface area (Å²) in [6.07, 6.45) is 2.43. The van der Waals surface area contributed by atoms with Crippen LogP contribution in [0.5, 0.6) is 0 Å². The molecule has 7 heteroatoms. The Bertz CT molecular complexity index is 1510. The highest BCUT2D eigenvalue weighted by Crippen LogP contribution is 2.67. The van der Waals surface area contributed by atoms with Crippen LogP contribution in [-0.2, 0) is 17.8 Å². The van der Waals surface area contributed by atoms with Gasteiger partial charge in [0.15, 0.2) is 0 Å². The van der Waals surface area contributed by atoms with Gasteiger partial charge in [-0.25, -0.2) is 0 Å². The number of aliphatic hydroxyl groups is 2. The molecule has 3 aliphatic rings. The minimum atomic E-state index is -1.52. The van der Waals surface area contributed by atoms with Crippen LogP contribution in [0.1, 0.15) is 83.1 Å². The molecule has 234 valence electrons. The maximum Gasteiger partial charge on any atom is 0.224 e. The largest absolute Gasteiger partial charge is 0.510 e. The van der Waals surface area contributed by atoms with Crippen LogP contribution in [-0.4, -0.2) is 46.8 Å². The Morgan fingerprint density at radius 3 is 2.33 bits per heavy atom. The lowest BCUT2D eigenvalue weighted by Crippen LogP contribution is -2.66. The first kappa shape index (κ1) is 32.8. The molecule has 0 unspecified atom stereocenters. The fourth-order valence-corrected chi connectivity index (χ4v) is 8.67. The zero-order chi connectivity index (χ0) is 32.6. The van der Waals surface area contributed by atoms with E-state index in [9.17, 15) is 15.0 Å². The summed E-state index contributed by atoms with van der Waals surface area (Å²) in [5.41, 5.74) is 17.9. The van der Waals surface area contributed by atoms with Gasteiger partial charge >= 0.3 is 0 Å². The molecule has 7 N–H and O–H groups in total. The van der Waals surface area contributed by atoms with Gasteiger partial charge in [-0.15, -0.1) is 0 Å². The Labute approximate surface area is 258 Å². The van der Waals surface area contributed by atoms with Crippen LogP contribution in [0.4, 0.5) is 5.69 Å². The Kier molecular flexibility index (Phi) is 8.00. The van der Waals surface area contributed by atoms with Crippen molar-refractivity contribution in [1.82, 2.24) is 4.90 Å². The van der Waals surface area contributed by atoms with Gasteiger partial charge < -0.3 is 27.0 Å². The summed E-state index contributed by atoms with van der Waals surface area (Å²) in [6, 6.07) is 1.48. The molecule has 0 heterocycles. The molecule has 0 bridgehead atoms. The zero-order valence-electron chi connectivity index (χ0n) is 27.7. The van der Waals surface area contributed by atoms with E-state index in [0.29, 0.717) is 37.0 Å². The lowest BCUT2D eigenvalue weighted by Gasteiger charge is -2.63. The SMILES string of the molecule is C=C(N)C1=C(O)[C@@H](N(C)C)[C@]2(C)C[C@]3(C)Cc4c(CN)cc(NC(=O)CCC(C)(C)C)c(C)c4C(=C)C3=C(C)[C@]2(O)C1=C. The van der Waals surface area contributed by atoms with Crippen molar-refractivity contribution >= 4 is 17.2 Å². The quantitative estimate of drug-likeness (QED) is 0.276. The van der Waals surface area contributed by atoms with E-state index >= 15 is 0 Å². The van der Waals surface area contributed by atoms with Crippen molar-refractivity contribution in [2.45, 2.75) is 92.3 Å². The molecular weight excluding hydrogens is 536 g/mol. The standard InChI is InChI=1S/C36H52N4O3/c1-19-26(39-27(41)13-14-33(6,7)8)15-24(17-37)25-16-34(9)18-35(10)32(40(11)12)31(42)29(23(5)38)21(3)36(35,43)22(4)30(34)20(2)28(19)25/h15,32,42-43H,2-3,5,13-14,16-18,37-38H2,1,4,6-12H3,(H,39,41)/t32-,34+,35+,36-/m1/s1. The number of allylic oxidation sites excluding steroid dienone is 3. The van der Waals surface area contributed by atoms with Crippen LogP contribution >= 0.6 is 0 Å². The van der Waals surface area contributed by atoms with Crippen molar-refractivity contribution in [3.8, 4) is 0 Å². The summed E-state index contributed by atoms with van der Waals surface area (Å²) < 4.78 is 0. The van der Waals surface area contributed by atoms with Gasteiger partial charge in [-0.1, -0.05) is 54.4 Å². The van der Waals surface area contributed by atoms with Gasteiger partial charge in [0, 0.05) is 35.3 Å². The van der Waals surface area contributed by atoms with E-state index in [2.05, 4.69) is 52.7 Å². The van der Waals surface area contributed by atoms with Crippen molar-refractivity contribution in [2.75, 3.05) is 19.4 Å². The van der Waals surface area contributed by atoms with E-state index in [0.717, 1.165) is 51.1 Å². The molecular formula is C36H52N4O3. The number of nitrogens with one attached hydrogen (secondary N) is 1. The number of carbonyl (C=O) groups excluding carboxylic acids is 1. The third kappa shape index (κ3) is 4.80. The number of hydrogen-bond donors (Lipinski definition) is 5. The Balaban J connectivity index is 1.94. The molecule has 4 atom stereocenters. The van der Waals surface area contributed by atoms with Crippen molar-refractivity contribution in [1.29, 1.82) is 0 Å². The molecule has 0 aliphatic heterocycles. The van der Waals surface area contributed by atoms with Crippen molar-refractivity contribution in [3.05, 3.63) is 81.8 Å². The van der Waals surface area contributed by atoms with Crippen LogP contribution < -0.4 is 16.8 Å². The van der Waals surface area contributed by atoms with Gasteiger partial charge in [0.25, 0.3) is 0 Å². The lowest BCUT2D eigenvalue weighted by molar-refractivity contribution is -0.116. The summed E-state index contributed by atoms with van der Waals surface area (Å²) in [5, 5.41) is 27.6. The molecule has 0 radical (unpaired) electrons. The second-order valence-corrected chi connectivity index (χ2v) is 15.0. The molecule has 1 aromatic carbocycles. The van der Waals surface area contributed by atoms with Crippen molar-refractivity contribution in [2.24, 2.45) is 27.7 Å². The second-order valence-electron chi connectivity index (χ2n) is 15.0. The number of aliphatic hydroxyl groups excluding tert-OH is 1. The number of nitrogens with zero attached hydrogens (tertiary/aromatic N) is 1. The zero-order valence-corrected chi connectivity index (χ0v) is 27.7. The minimum absolute atomic E-state index is 0.0280. The molecule has 0 spiro atoms. The monoisotopic (exact) mass is 588 g/mol. The van der Waals surface area contributed by atoms with Gasteiger partial charge in [0.2, 0.25) is 5.91 Å². The smallest absolute Gasteiger partial charge is 0.224 e. The van der Waals surface area contributed by atoms with Crippen molar-refractivity contribution < 1.29 is 15.0 Å². The molecule has 0 saturated heterocycles. The van der Waals surface area contributed by atoms with Crippen molar-refractivity contribution in [3.63, 3.8) is 0 Å². The number of carbonyl (C=O) groups is 1. The number of hydrogen-bond acceptors (Lipinski definition) is 6. The molecule has 0 aromatic heterocycles. The number of fused-ring (bicyclic) bond motifs is 3. The average molecular weight is 589 g/mol. The number of benzene rings is 1. The van der Waals surface area contributed by atoms with Crippen LogP contribution in [0, 0.1) is 23.2 Å². The Hall–Kier alpha value is -3.13. The highest BCUT2D eigenvalue weighted by Gasteiger charge is 2.66. The van der Waals surface area contributed by atoms with Crippen LogP contribution in [0.3, 0.4) is 0 Å². The third-order valence-electron chi connectivity index (χ3n) is 10.4. The third-order valence-corrected chi connectivity index (χ3v) is 10.4. The topological polar surface area (TPSA) is 125 Å². The van der Waals surface area contributed by atoms with Gasteiger partial charge in [-0.2, -0.15) is 0 Å². The fraction of sp³-hybridized carbons (Fsp3) is 0.528. The number of nitrogens with two attached hydrogens (primary N) is 2. The predicted molar refractivity (Wildman–Crippen MR) is 177 cm³/mol. The maximum atomic E-state index is 13.0. The van der Waals surface area contributed by atoms with Crippen LogP contribution in [0.25, 0.3) is 5.57 Å². The van der Waals surface area contributed by atoms with Crippen LogP contribution in [0.2, 0.25) is 0 Å². The van der Waals surface area contributed by atoms with Gasteiger partial charge in [-0.3, -0.25) is 9.69 Å². The highest BCUT2D eigenvalue weighted by atomic mass is 16.3. The van der Waals surface area contributed by atoms with Gasteiger partial charge in [-0.05, 0) is 109 Å². The maximum absolute atomic E-state index is 13.0. The molecule has 1 amide bonds. The van der Waals surface area contributed by atoms with E-state index in [1.54, 1.807) is 0 Å². The molecule has 0 saturated carbocycles. The predicted octanol–water partition coefficient (Wildman–Crippen LogP) is 6.04. The molecule has 3 aliphatic carbocycles. The lowest BCUT2D eigenvalue weighted by atomic mass is 9.44. The summed E-state index contributed by atoms with van der Waals surface area (Å²) >= 11 is 0. The highest BCUT2D eigenvalue weighted by molar-refractivity contribution is 5.95. The van der Waals surface area contributed by atoms with E-state index in [1.165, 1.54) is 0 Å². The first-order valence-corrected chi connectivity index (χ1v) is 15.2. The number of anilines is 1.